The number of nitrogens with zero attached hydrogens (tertiary/aromatic N) is 1. The molecule has 3 rings (SSSR count). The summed E-state index contributed by atoms with van der Waals surface area (Å²) in [6.07, 6.45) is -3.00. The Morgan fingerprint density at radius 1 is 0.862 bits per heavy atom. The topological polar surface area (TPSA) is 71.1 Å². The maximum atomic E-state index is 12.6. The average molecular weight is 399 g/mol. The van der Waals surface area contributed by atoms with Gasteiger partial charge in [0.05, 0.1) is 5.56 Å². The molecule has 0 unspecified atom stereocenters. The summed E-state index contributed by atoms with van der Waals surface area (Å²) in [5, 5.41) is 5.57. The fourth-order valence-corrected chi connectivity index (χ4v) is 2.52. The summed E-state index contributed by atoms with van der Waals surface area (Å²) in [5.41, 5.74) is 0.995. The van der Waals surface area contributed by atoms with Crippen LogP contribution < -0.4 is 10.6 Å². The molecule has 0 fully saturated rings. The van der Waals surface area contributed by atoms with Crippen LogP contribution in [0.15, 0.2) is 66.9 Å². The first-order chi connectivity index (χ1) is 13.7. The summed E-state index contributed by atoms with van der Waals surface area (Å²) >= 11 is 0. The van der Waals surface area contributed by atoms with Crippen molar-refractivity contribution in [2.24, 2.45) is 0 Å². The quantitative estimate of drug-likeness (QED) is 0.571. The second-order valence-corrected chi connectivity index (χ2v) is 6.22. The minimum Gasteiger partial charge on any atom is -0.340 e. The standard InChI is InChI=1S/C21H16F3N3O2/c1-13(28)14-2-6-17(7-3-14)26-19-12-15(10-11-25-19)20(29)27-18-8-4-16(5-9-18)21(22,23)24/h2-12H,1H3,(H,25,26)(H,27,29). The van der Waals surface area contributed by atoms with Gasteiger partial charge in [-0.3, -0.25) is 9.59 Å². The third kappa shape index (κ3) is 5.19. The van der Waals surface area contributed by atoms with Gasteiger partial charge in [0.1, 0.15) is 5.82 Å². The fourth-order valence-electron chi connectivity index (χ4n) is 2.52. The smallest absolute Gasteiger partial charge is 0.340 e. The summed E-state index contributed by atoms with van der Waals surface area (Å²) in [4.78, 5) is 27.9. The first kappa shape index (κ1) is 20.1. The molecule has 1 aromatic heterocycles. The molecular formula is C21H16F3N3O2. The predicted molar refractivity (Wildman–Crippen MR) is 103 cm³/mol. The zero-order chi connectivity index (χ0) is 21.0. The molecule has 2 N–H and O–H groups in total. The molecule has 0 aliphatic heterocycles. The molecule has 1 amide bonds. The van der Waals surface area contributed by atoms with Crippen LogP contribution in [0.2, 0.25) is 0 Å². The Morgan fingerprint density at radius 3 is 2.07 bits per heavy atom. The maximum absolute atomic E-state index is 12.6. The molecule has 3 aromatic rings. The molecule has 0 aliphatic rings. The van der Waals surface area contributed by atoms with Crippen molar-refractivity contribution in [1.29, 1.82) is 0 Å². The molecule has 2 aromatic carbocycles. The number of anilines is 3. The van der Waals surface area contributed by atoms with E-state index in [1.807, 2.05) is 0 Å². The molecule has 0 radical (unpaired) electrons. The Morgan fingerprint density at radius 2 is 1.48 bits per heavy atom. The highest BCUT2D eigenvalue weighted by atomic mass is 19.4. The number of ketones is 1. The van der Waals surface area contributed by atoms with Gasteiger partial charge in [-0.1, -0.05) is 0 Å². The Kier molecular flexibility index (Phi) is 5.63. The number of alkyl halides is 3. The SMILES string of the molecule is CC(=O)c1ccc(Nc2cc(C(=O)Nc3ccc(C(F)(F)F)cc3)ccn2)cc1. The second-order valence-electron chi connectivity index (χ2n) is 6.22. The van der Waals surface area contributed by atoms with Crippen LogP contribution in [0.1, 0.15) is 33.2 Å². The van der Waals surface area contributed by atoms with Gasteiger partial charge in [0.2, 0.25) is 0 Å². The van der Waals surface area contributed by atoms with E-state index in [9.17, 15) is 22.8 Å². The van der Waals surface area contributed by atoms with Gasteiger partial charge in [0, 0.05) is 28.7 Å². The van der Waals surface area contributed by atoms with Crippen LogP contribution in [0.4, 0.5) is 30.4 Å². The Hall–Kier alpha value is -3.68. The minimum absolute atomic E-state index is 0.0448. The number of hydrogen-bond donors (Lipinski definition) is 2. The number of rotatable bonds is 5. The minimum atomic E-state index is -4.43. The highest BCUT2D eigenvalue weighted by molar-refractivity contribution is 6.04. The summed E-state index contributed by atoms with van der Waals surface area (Å²) < 4.78 is 37.8. The lowest BCUT2D eigenvalue weighted by molar-refractivity contribution is -0.137. The molecule has 0 saturated carbocycles. The lowest BCUT2D eigenvalue weighted by atomic mass is 10.1. The predicted octanol–water partition coefficient (Wildman–Crippen LogP) is 5.30. The van der Waals surface area contributed by atoms with Gasteiger partial charge in [-0.2, -0.15) is 13.2 Å². The molecule has 8 heteroatoms. The fraction of sp³-hybridized carbons (Fsp3) is 0.0952. The Labute approximate surface area is 164 Å². The molecule has 0 saturated heterocycles. The molecule has 0 aliphatic carbocycles. The van der Waals surface area contributed by atoms with E-state index in [0.717, 1.165) is 12.1 Å². The van der Waals surface area contributed by atoms with Crippen molar-refractivity contribution >= 4 is 28.9 Å². The van der Waals surface area contributed by atoms with E-state index in [4.69, 9.17) is 0 Å². The van der Waals surface area contributed by atoms with E-state index >= 15 is 0 Å². The number of hydrogen-bond acceptors (Lipinski definition) is 4. The van der Waals surface area contributed by atoms with Crippen LogP contribution in [0, 0.1) is 0 Å². The molecule has 29 heavy (non-hydrogen) atoms. The van der Waals surface area contributed by atoms with Crippen molar-refractivity contribution in [3.8, 4) is 0 Å². The van der Waals surface area contributed by atoms with Gasteiger partial charge in [0.25, 0.3) is 5.91 Å². The first-order valence-corrected chi connectivity index (χ1v) is 8.55. The number of amides is 1. The van der Waals surface area contributed by atoms with Crippen LogP contribution in [0.5, 0.6) is 0 Å². The van der Waals surface area contributed by atoms with E-state index in [0.29, 0.717) is 17.1 Å². The van der Waals surface area contributed by atoms with E-state index in [-0.39, 0.29) is 17.0 Å². The van der Waals surface area contributed by atoms with Gasteiger partial charge < -0.3 is 10.6 Å². The molecule has 0 bridgehead atoms. The number of carbonyl (C=O) groups is 2. The van der Waals surface area contributed by atoms with Gasteiger partial charge in [0.15, 0.2) is 5.78 Å². The summed E-state index contributed by atoms with van der Waals surface area (Å²) in [5.74, 6) is -0.126. The third-order valence-corrected chi connectivity index (χ3v) is 4.06. The van der Waals surface area contributed by atoms with Crippen LogP contribution in [0.25, 0.3) is 0 Å². The van der Waals surface area contributed by atoms with Crippen molar-refractivity contribution < 1.29 is 22.8 Å². The lowest BCUT2D eigenvalue weighted by Gasteiger charge is -2.10. The largest absolute Gasteiger partial charge is 0.416 e. The highest BCUT2D eigenvalue weighted by Gasteiger charge is 2.30. The second kappa shape index (κ2) is 8.14. The monoisotopic (exact) mass is 399 g/mol. The molecule has 148 valence electrons. The lowest BCUT2D eigenvalue weighted by Crippen LogP contribution is -2.13. The molecule has 1 heterocycles. The molecular weight excluding hydrogens is 383 g/mol. The van der Waals surface area contributed by atoms with Crippen LogP contribution in [0.3, 0.4) is 0 Å². The molecule has 5 nitrogen and oxygen atoms in total. The van der Waals surface area contributed by atoms with Crippen LogP contribution in [-0.2, 0) is 6.18 Å². The van der Waals surface area contributed by atoms with Crippen molar-refractivity contribution in [2.75, 3.05) is 10.6 Å². The number of Topliss-reactive ketones (excluding diaryl/α,β-unsaturated/α-hetero) is 1. The van der Waals surface area contributed by atoms with Gasteiger partial charge in [-0.25, -0.2) is 4.98 Å². The van der Waals surface area contributed by atoms with E-state index in [1.54, 1.807) is 24.3 Å². The van der Waals surface area contributed by atoms with E-state index in [1.165, 1.54) is 37.4 Å². The van der Waals surface area contributed by atoms with Crippen molar-refractivity contribution in [1.82, 2.24) is 4.98 Å². The summed E-state index contributed by atoms with van der Waals surface area (Å²) in [7, 11) is 0. The zero-order valence-electron chi connectivity index (χ0n) is 15.2. The molecule has 0 spiro atoms. The van der Waals surface area contributed by atoms with Crippen molar-refractivity contribution in [2.45, 2.75) is 13.1 Å². The summed E-state index contributed by atoms with van der Waals surface area (Å²) in [6, 6.07) is 14.0. The number of nitrogens with one attached hydrogen (secondary N) is 2. The first-order valence-electron chi connectivity index (χ1n) is 8.55. The van der Waals surface area contributed by atoms with Crippen LogP contribution >= 0.6 is 0 Å². The normalized spacial score (nSPS) is 11.0. The van der Waals surface area contributed by atoms with Gasteiger partial charge in [-0.05, 0) is 67.6 Å². The van der Waals surface area contributed by atoms with Gasteiger partial charge >= 0.3 is 6.18 Å². The number of halogens is 3. The van der Waals surface area contributed by atoms with Crippen molar-refractivity contribution in [3.05, 3.63) is 83.6 Å². The van der Waals surface area contributed by atoms with Gasteiger partial charge in [-0.15, -0.1) is 0 Å². The number of carbonyl (C=O) groups excluding carboxylic acids is 2. The van der Waals surface area contributed by atoms with Crippen LogP contribution in [-0.4, -0.2) is 16.7 Å². The Bertz CT molecular complexity index is 1030. The maximum Gasteiger partial charge on any atom is 0.416 e. The highest BCUT2D eigenvalue weighted by Crippen LogP contribution is 2.30. The van der Waals surface area contributed by atoms with Crippen molar-refractivity contribution in [3.63, 3.8) is 0 Å². The van der Waals surface area contributed by atoms with E-state index < -0.39 is 17.6 Å². The third-order valence-electron chi connectivity index (χ3n) is 4.06. The number of aromatic nitrogens is 1. The van der Waals surface area contributed by atoms with E-state index in [2.05, 4.69) is 15.6 Å². The average Bonchev–Trinajstić information content (AvgIpc) is 2.68. The number of pyridine rings is 1. The number of benzene rings is 2. The Balaban J connectivity index is 1.70. The zero-order valence-corrected chi connectivity index (χ0v) is 15.2. The summed E-state index contributed by atoms with van der Waals surface area (Å²) in [6.45, 7) is 1.47. The molecule has 0 atom stereocenters.